The molecular formula is C10H5BrF2N6O. The van der Waals surface area contributed by atoms with E-state index in [-0.39, 0.29) is 33.5 Å². The van der Waals surface area contributed by atoms with Gasteiger partial charge in [0, 0.05) is 5.56 Å². The summed E-state index contributed by atoms with van der Waals surface area (Å²) in [6.07, 6.45) is 0. The molecule has 10 heteroatoms. The molecule has 0 radical (unpaired) electrons. The fourth-order valence-electron chi connectivity index (χ4n) is 1.50. The van der Waals surface area contributed by atoms with Gasteiger partial charge in [0.2, 0.25) is 17.6 Å². The molecule has 3 N–H and O–H groups in total. The van der Waals surface area contributed by atoms with Crippen molar-refractivity contribution in [3.63, 3.8) is 0 Å². The summed E-state index contributed by atoms with van der Waals surface area (Å²) in [6.45, 7) is 0. The Hall–Kier alpha value is -2.36. The molecule has 0 spiro atoms. The van der Waals surface area contributed by atoms with Crippen LogP contribution < -0.4 is 5.73 Å². The molecule has 7 nitrogen and oxygen atoms in total. The van der Waals surface area contributed by atoms with Gasteiger partial charge < -0.3 is 10.3 Å². The summed E-state index contributed by atoms with van der Waals surface area (Å²) < 4.78 is 31.4. The molecule has 0 aliphatic carbocycles. The monoisotopic (exact) mass is 342 g/mol. The minimum atomic E-state index is -1.03. The number of nitrogens with zero attached hydrogens (tertiary/aromatic N) is 4. The van der Waals surface area contributed by atoms with E-state index in [4.69, 9.17) is 10.3 Å². The SMILES string of the molecule is Nc1n[nH]c(-c2nc(-c3ccc(F)c(F)c3Br)no2)n1. The number of nitrogens with two attached hydrogens (primary N) is 1. The van der Waals surface area contributed by atoms with Crippen LogP contribution in [0, 0.1) is 11.6 Å². The molecule has 3 aromatic rings. The molecule has 0 aliphatic heterocycles. The molecule has 0 unspecified atom stereocenters. The lowest BCUT2D eigenvalue weighted by Crippen LogP contribution is -1.91. The standard InChI is InChI=1S/C10H5BrF2N6O/c11-5-3(1-2-4(12)6(5)13)7-15-9(20-19-7)8-16-10(14)18-17-8/h1-2H,(H3,14,16,17,18). The molecule has 0 atom stereocenters. The molecule has 0 saturated carbocycles. The number of hydrogen-bond donors (Lipinski definition) is 2. The lowest BCUT2D eigenvalue weighted by atomic mass is 10.2. The van der Waals surface area contributed by atoms with E-state index in [0.717, 1.165) is 6.07 Å². The maximum absolute atomic E-state index is 13.5. The van der Waals surface area contributed by atoms with Crippen LogP contribution in [0.1, 0.15) is 0 Å². The van der Waals surface area contributed by atoms with Crippen LogP contribution in [0.3, 0.4) is 0 Å². The first-order chi connectivity index (χ1) is 9.56. The molecular weight excluding hydrogens is 338 g/mol. The van der Waals surface area contributed by atoms with Crippen molar-refractivity contribution in [1.29, 1.82) is 0 Å². The largest absolute Gasteiger partial charge is 0.366 e. The molecule has 0 aliphatic rings. The zero-order valence-corrected chi connectivity index (χ0v) is 11.1. The number of nitrogens with one attached hydrogen (secondary N) is 1. The first-order valence-corrected chi connectivity index (χ1v) is 6.01. The number of nitrogen functional groups attached to an aromatic ring is 1. The van der Waals surface area contributed by atoms with E-state index in [1.54, 1.807) is 0 Å². The third-order valence-corrected chi connectivity index (χ3v) is 3.18. The normalized spacial score (nSPS) is 10.9. The van der Waals surface area contributed by atoms with Crippen molar-refractivity contribution in [2.45, 2.75) is 0 Å². The predicted octanol–water partition coefficient (Wildman–Crippen LogP) is 2.14. The maximum atomic E-state index is 13.5. The van der Waals surface area contributed by atoms with Crippen LogP contribution in [0.25, 0.3) is 23.1 Å². The Balaban J connectivity index is 2.04. The Kier molecular flexibility index (Phi) is 2.93. The van der Waals surface area contributed by atoms with Crippen molar-refractivity contribution in [1.82, 2.24) is 25.3 Å². The summed E-state index contributed by atoms with van der Waals surface area (Å²) in [7, 11) is 0. The van der Waals surface area contributed by atoms with Gasteiger partial charge >= 0.3 is 0 Å². The topological polar surface area (TPSA) is 107 Å². The van der Waals surface area contributed by atoms with Crippen LogP contribution in [0.5, 0.6) is 0 Å². The quantitative estimate of drug-likeness (QED) is 0.691. The average molecular weight is 343 g/mol. The molecule has 102 valence electrons. The van der Waals surface area contributed by atoms with Crippen LogP contribution in [-0.4, -0.2) is 25.3 Å². The molecule has 3 rings (SSSR count). The van der Waals surface area contributed by atoms with Crippen molar-refractivity contribution in [3.8, 4) is 23.1 Å². The second kappa shape index (κ2) is 4.63. The third kappa shape index (κ3) is 2.03. The van der Waals surface area contributed by atoms with E-state index in [0.29, 0.717) is 0 Å². The highest BCUT2D eigenvalue weighted by Crippen LogP contribution is 2.30. The van der Waals surface area contributed by atoms with Crippen molar-refractivity contribution < 1.29 is 13.3 Å². The Morgan fingerprint density at radius 3 is 2.75 bits per heavy atom. The average Bonchev–Trinajstić information content (AvgIpc) is 3.05. The molecule has 0 saturated heterocycles. The van der Waals surface area contributed by atoms with Gasteiger partial charge in [0.1, 0.15) is 0 Å². The number of halogens is 3. The van der Waals surface area contributed by atoms with E-state index in [1.807, 2.05) is 0 Å². The minimum absolute atomic E-state index is 0.0220. The fourth-order valence-corrected chi connectivity index (χ4v) is 2.00. The highest BCUT2D eigenvalue weighted by atomic mass is 79.9. The van der Waals surface area contributed by atoms with Gasteiger partial charge in [0.15, 0.2) is 11.6 Å². The van der Waals surface area contributed by atoms with Gasteiger partial charge in [-0.25, -0.2) is 8.78 Å². The highest BCUT2D eigenvalue weighted by molar-refractivity contribution is 9.10. The summed E-state index contributed by atoms with van der Waals surface area (Å²) in [5.41, 5.74) is 5.59. The summed E-state index contributed by atoms with van der Waals surface area (Å²) in [5.74, 6) is -1.71. The van der Waals surface area contributed by atoms with Gasteiger partial charge in [-0.05, 0) is 28.1 Å². The molecule has 1 aromatic carbocycles. The summed E-state index contributed by atoms with van der Waals surface area (Å²) >= 11 is 2.94. The van der Waals surface area contributed by atoms with E-state index >= 15 is 0 Å². The van der Waals surface area contributed by atoms with Crippen LogP contribution in [-0.2, 0) is 0 Å². The minimum Gasteiger partial charge on any atom is -0.366 e. The van der Waals surface area contributed by atoms with Gasteiger partial charge in [-0.1, -0.05) is 5.16 Å². The zero-order chi connectivity index (χ0) is 14.3. The molecule has 2 heterocycles. The van der Waals surface area contributed by atoms with Crippen molar-refractivity contribution in [3.05, 3.63) is 28.2 Å². The van der Waals surface area contributed by atoms with E-state index in [1.165, 1.54) is 6.07 Å². The van der Waals surface area contributed by atoms with Crippen molar-refractivity contribution >= 4 is 21.9 Å². The number of rotatable bonds is 2. The molecule has 2 aromatic heterocycles. The van der Waals surface area contributed by atoms with Crippen LogP contribution in [0.2, 0.25) is 0 Å². The summed E-state index contributed by atoms with van der Waals surface area (Å²) in [5, 5.41) is 9.78. The van der Waals surface area contributed by atoms with Crippen LogP contribution in [0.15, 0.2) is 21.1 Å². The van der Waals surface area contributed by atoms with Gasteiger partial charge in [-0.2, -0.15) is 9.97 Å². The highest BCUT2D eigenvalue weighted by Gasteiger charge is 2.19. The van der Waals surface area contributed by atoms with Crippen molar-refractivity contribution in [2.75, 3.05) is 5.73 Å². The second-order valence-corrected chi connectivity index (χ2v) is 4.48. The molecule has 20 heavy (non-hydrogen) atoms. The third-order valence-electron chi connectivity index (χ3n) is 2.41. The van der Waals surface area contributed by atoms with Gasteiger partial charge in [0.05, 0.1) is 4.47 Å². The lowest BCUT2D eigenvalue weighted by molar-refractivity contribution is 0.429. The lowest BCUT2D eigenvalue weighted by Gasteiger charge is -2.00. The summed E-state index contributed by atoms with van der Waals surface area (Å²) in [6, 6.07) is 2.30. The van der Waals surface area contributed by atoms with E-state index < -0.39 is 11.6 Å². The van der Waals surface area contributed by atoms with Gasteiger partial charge in [0.25, 0.3) is 5.89 Å². The second-order valence-electron chi connectivity index (χ2n) is 3.69. The fraction of sp³-hybridized carbons (Fsp3) is 0. The molecule has 0 amide bonds. The van der Waals surface area contributed by atoms with Gasteiger partial charge in [-0.3, -0.25) is 5.10 Å². The Morgan fingerprint density at radius 2 is 2.05 bits per heavy atom. The zero-order valence-electron chi connectivity index (χ0n) is 9.56. The van der Waals surface area contributed by atoms with Crippen molar-refractivity contribution in [2.24, 2.45) is 0 Å². The first-order valence-electron chi connectivity index (χ1n) is 5.22. The van der Waals surface area contributed by atoms with Crippen LogP contribution in [0.4, 0.5) is 14.7 Å². The number of aromatic nitrogens is 5. The number of hydrogen-bond acceptors (Lipinski definition) is 6. The first kappa shape index (κ1) is 12.7. The Morgan fingerprint density at radius 1 is 1.25 bits per heavy atom. The summed E-state index contributed by atoms with van der Waals surface area (Å²) in [4.78, 5) is 7.82. The maximum Gasteiger partial charge on any atom is 0.295 e. The number of anilines is 1. The molecule has 0 fully saturated rings. The number of H-pyrrole nitrogens is 1. The van der Waals surface area contributed by atoms with Crippen LogP contribution >= 0.6 is 15.9 Å². The Labute approximate surface area is 118 Å². The molecule has 0 bridgehead atoms. The Bertz CT molecular complexity index is 786. The smallest absolute Gasteiger partial charge is 0.295 e. The van der Waals surface area contributed by atoms with E-state index in [9.17, 15) is 8.78 Å². The predicted molar refractivity (Wildman–Crippen MR) is 67.1 cm³/mol. The number of benzene rings is 1. The van der Waals surface area contributed by atoms with E-state index in [2.05, 4.69) is 41.3 Å². The number of aromatic amines is 1. The van der Waals surface area contributed by atoms with Gasteiger partial charge in [-0.15, -0.1) is 5.10 Å².